The number of rotatable bonds is 5. The van der Waals surface area contributed by atoms with Gasteiger partial charge in [0.25, 0.3) is 0 Å². The first-order chi connectivity index (χ1) is 13.6. The molecule has 0 saturated carbocycles. The first kappa shape index (κ1) is 19.4. The Morgan fingerprint density at radius 2 is 1.82 bits per heavy atom. The lowest BCUT2D eigenvalue weighted by atomic mass is 9.93. The minimum absolute atomic E-state index is 0.0923. The second-order valence-corrected chi connectivity index (χ2v) is 7.73. The number of nitrogens with zero attached hydrogens (tertiary/aromatic N) is 2. The lowest BCUT2D eigenvalue weighted by Gasteiger charge is -2.36. The van der Waals surface area contributed by atoms with E-state index in [4.69, 9.17) is 14.2 Å². The third-order valence-corrected chi connectivity index (χ3v) is 5.77. The van der Waals surface area contributed by atoms with E-state index < -0.39 is 11.6 Å². The quantitative estimate of drug-likeness (QED) is 0.763. The van der Waals surface area contributed by atoms with Crippen LogP contribution in [0.2, 0.25) is 0 Å². The number of carbonyl (C=O) groups is 1. The van der Waals surface area contributed by atoms with Gasteiger partial charge < -0.3 is 19.1 Å². The molecule has 3 heterocycles. The molecular weight excluding hydrogens is 370 g/mol. The molecule has 0 spiro atoms. The molecule has 3 aliphatic heterocycles. The van der Waals surface area contributed by atoms with Gasteiger partial charge in [-0.3, -0.25) is 9.69 Å². The van der Waals surface area contributed by atoms with E-state index in [9.17, 15) is 13.6 Å². The van der Waals surface area contributed by atoms with Crippen molar-refractivity contribution in [3.05, 3.63) is 23.8 Å². The Labute approximate surface area is 163 Å². The van der Waals surface area contributed by atoms with Gasteiger partial charge in [0.15, 0.2) is 23.1 Å². The van der Waals surface area contributed by atoms with Crippen molar-refractivity contribution < 1.29 is 27.8 Å². The van der Waals surface area contributed by atoms with Crippen LogP contribution in [0.3, 0.4) is 0 Å². The SMILES string of the molecule is O=C1COCCN1CCC1CCN(CC2COc3cc(F)c(F)cc3O2)CC1. The second kappa shape index (κ2) is 8.61. The van der Waals surface area contributed by atoms with E-state index in [1.165, 1.54) is 0 Å². The number of hydrogen-bond acceptors (Lipinski definition) is 5. The largest absolute Gasteiger partial charge is 0.486 e. The number of halogens is 2. The standard InChI is InChI=1S/C20H26F2N2O4/c21-16-9-18-19(10-17(16)22)28-15(12-27-18)11-23-4-1-14(2-5-23)3-6-24-7-8-26-13-20(24)25/h9-10,14-15H,1-8,11-13H2. The monoisotopic (exact) mass is 396 g/mol. The van der Waals surface area contributed by atoms with Crippen molar-refractivity contribution in [1.29, 1.82) is 0 Å². The van der Waals surface area contributed by atoms with Crippen LogP contribution in [0, 0.1) is 17.6 Å². The van der Waals surface area contributed by atoms with E-state index in [1.54, 1.807) is 0 Å². The van der Waals surface area contributed by atoms with Crippen LogP contribution >= 0.6 is 0 Å². The molecule has 6 nitrogen and oxygen atoms in total. The molecule has 1 aromatic rings. The van der Waals surface area contributed by atoms with Crippen LogP contribution in [-0.2, 0) is 9.53 Å². The highest BCUT2D eigenvalue weighted by Crippen LogP contribution is 2.34. The smallest absolute Gasteiger partial charge is 0.248 e. The van der Waals surface area contributed by atoms with Gasteiger partial charge in [-0.2, -0.15) is 0 Å². The summed E-state index contributed by atoms with van der Waals surface area (Å²) in [5.41, 5.74) is 0. The molecule has 28 heavy (non-hydrogen) atoms. The first-order valence-electron chi connectivity index (χ1n) is 9.95. The zero-order valence-electron chi connectivity index (χ0n) is 15.9. The molecule has 0 N–H and O–H groups in total. The van der Waals surface area contributed by atoms with Gasteiger partial charge >= 0.3 is 0 Å². The molecule has 2 saturated heterocycles. The van der Waals surface area contributed by atoms with Gasteiger partial charge in [-0.1, -0.05) is 0 Å². The topological polar surface area (TPSA) is 51.2 Å². The van der Waals surface area contributed by atoms with Crippen LogP contribution in [0.5, 0.6) is 11.5 Å². The lowest BCUT2D eigenvalue weighted by Crippen LogP contribution is -2.45. The molecule has 8 heteroatoms. The molecule has 4 rings (SSSR count). The van der Waals surface area contributed by atoms with Crippen LogP contribution in [-0.4, -0.2) is 74.4 Å². The van der Waals surface area contributed by atoms with E-state index in [0.717, 1.165) is 51.0 Å². The summed E-state index contributed by atoms with van der Waals surface area (Å²) in [6.45, 7) is 5.31. The molecular formula is C20H26F2N2O4. The molecule has 3 aliphatic rings. The summed E-state index contributed by atoms with van der Waals surface area (Å²) in [6, 6.07) is 2.08. The lowest BCUT2D eigenvalue weighted by molar-refractivity contribution is -0.142. The van der Waals surface area contributed by atoms with Gasteiger partial charge in [0, 0.05) is 31.8 Å². The number of fused-ring (bicyclic) bond motifs is 1. The van der Waals surface area contributed by atoms with E-state index in [2.05, 4.69) is 4.90 Å². The zero-order chi connectivity index (χ0) is 19.5. The van der Waals surface area contributed by atoms with Crippen molar-refractivity contribution in [2.45, 2.75) is 25.4 Å². The first-order valence-corrected chi connectivity index (χ1v) is 9.95. The molecule has 0 bridgehead atoms. The minimum atomic E-state index is -0.929. The summed E-state index contributed by atoms with van der Waals surface area (Å²) < 4.78 is 43.2. The van der Waals surface area contributed by atoms with Gasteiger partial charge in [-0.15, -0.1) is 0 Å². The second-order valence-electron chi connectivity index (χ2n) is 7.73. The summed E-state index contributed by atoms with van der Waals surface area (Å²) in [5.74, 6) is -0.626. The maximum Gasteiger partial charge on any atom is 0.248 e. The highest BCUT2D eigenvalue weighted by atomic mass is 19.2. The summed E-state index contributed by atoms with van der Waals surface area (Å²) in [7, 11) is 0. The molecule has 0 aliphatic carbocycles. The Morgan fingerprint density at radius 3 is 2.57 bits per heavy atom. The zero-order valence-corrected chi connectivity index (χ0v) is 15.9. The van der Waals surface area contributed by atoms with Crippen molar-refractivity contribution >= 4 is 5.91 Å². The molecule has 1 aromatic carbocycles. The van der Waals surface area contributed by atoms with E-state index >= 15 is 0 Å². The fourth-order valence-electron chi connectivity index (χ4n) is 4.07. The van der Waals surface area contributed by atoms with E-state index in [1.807, 2.05) is 4.90 Å². The Kier molecular flexibility index (Phi) is 5.96. The number of hydrogen-bond donors (Lipinski definition) is 0. The third-order valence-electron chi connectivity index (χ3n) is 5.77. The van der Waals surface area contributed by atoms with E-state index in [0.29, 0.717) is 32.2 Å². The van der Waals surface area contributed by atoms with Crippen LogP contribution in [0.4, 0.5) is 8.78 Å². The van der Waals surface area contributed by atoms with Gasteiger partial charge in [-0.25, -0.2) is 8.78 Å². The minimum Gasteiger partial charge on any atom is -0.486 e. The van der Waals surface area contributed by atoms with Gasteiger partial charge in [-0.05, 0) is 38.3 Å². The van der Waals surface area contributed by atoms with Crippen LogP contribution < -0.4 is 9.47 Å². The fourth-order valence-corrected chi connectivity index (χ4v) is 4.07. The highest BCUT2D eigenvalue weighted by Gasteiger charge is 2.28. The molecule has 1 atom stereocenters. The molecule has 1 amide bonds. The summed E-state index contributed by atoms with van der Waals surface area (Å²) in [4.78, 5) is 16.0. The van der Waals surface area contributed by atoms with Crippen LogP contribution in [0.15, 0.2) is 12.1 Å². The average Bonchev–Trinajstić information content (AvgIpc) is 2.70. The van der Waals surface area contributed by atoms with Crippen molar-refractivity contribution in [3.63, 3.8) is 0 Å². The Bertz CT molecular complexity index is 710. The molecule has 1 unspecified atom stereocenters. The number of amides is 1. The normalized spacial score (nSPS) is 23.9. The van der Waals surface area contributed by atoms with Gasteiger partial charge in [0.05, 0.1) is 6.61 Å². The van der Waals surface area contributed by atoms with Crippen molar-refractivity contribution in [2.75, 3.05) is 52.5 Å². The summed E-state index contributed by atoms with van der Waals surface area (Å²) in [6.07, 6.45) is 3.01. The number of morpholine rings is 1. The van der Waals surface area contributed by atoms with Crippen LogP contribution in [0.1, 0.15) is 19.3 Å². The molecule has 0 radical (unpaired) electrons. The number of ether oxygens (including phenoxy) is 3. The molecule has 2 fully saturated rings. The van der Waals surface area contributed by atoms with Crippen LogP contribution in [0.25, 0.3) is 0 Å². The third kappa shape index (κ3) is 4.55. The van der Waals surface area contributed by atoms with Gasteiger partial charge in [0.2, 0.25) is 5.91 Å². The van der Waals surface area contributed by atoms with Crippen molar-refractivity contribution in [2.24, 2.45) is 5.92 Å². The molecule has 0 aromatic heterocycles. The Morgan fingerprint density at radius 1 is 1.07 bits per heavy atom. The number of benzene rings is 1. The summed E-state index contributed by atoms with van der Waals surface area (Å²) >= 11 is 0. The maximum absolute atomic E-state index is 13.4. The predicted molar refractivity (Wildman–Crippen MR) is 97.4 cm³/mol. The van der Waals surface area contributed by atoms with Crippen molar-refractivity contribution in [1.82, 2.24) is 9.80 Å². The molecule has 154 valence electrons. The average molecular weight is 396 g/mol. The maximum atomic E-state index is 13.4. The van der Waals surface area contributed by atoms with E-state index in [-0.39, 0.29) is 30.1 Å². The number of likely N-dealkylation sites (tertiary alicyclic amines) is 1. The predicted octanol–water partition coefficient (Wildman–Crippen LogP) is 2.07. The van der Waals surface area contributed by atoms with Crippen molar-refractivity contribution in [3.8, 4) is 11.5 Å². The fraction of sp³-hybridized carbons (Fsp3) is 0.650. The van der Waals surface area contributed by atoms with Gasteiger partial charge in [0.1, 0.15) is 19.3 Å². The Hall–Kier alpha value is -1.93. The highest BCUT2D eigenvalue weighted by molar-refractivity contribution is 5.77. The Balaban J connectivity index is 1.20. The number of piperidine rings is 1. The number of carbonyl (C=O) groups excluding carboxylic acids is 1. The summed E-state index contributed by atoms with van der Waals surface area (Å²) in [5, 5.41) is 0.